The average Bonchev–Trinajstić information content (AvgIpc) is 2.38. The number of rotatable bonds is 6. The van der Waals surface area contributed by atoms with Crippen molar-refractivity contribution in [2.45, 2.75) is 24.8 Å². The Balaban J connectivity index is 3.18. The van der Waals surface area contributed by atoms with Crippen LogP contribution >= 0.6 is 26.6 Å². The van der Waals surface area contributed by atoms with Crippen molar-refractivity contribution in [3.8, 4) is 0 Å². The van der Waals surface area contributed by atoms with Gasteiger partial charge < -0.3 is 9.64 Å². The molecule has 0 saturated carbocycles. The zero-order chi connectivity index (χ0) is 16.2. The average molecular weight is 399 g/mol. The minimum absolute atomic E-state index is 0.118. The lowest BCUT2D eigenvalue weighted by Gasteiger charge is -2.27. The standard InChI is InChI=1S/C13H17BrClNO4S/c1-4-16(9(2)8-20-3)13(17)10-5-6-11(14)12(7-10)21(15,18)19/h5-7,9H,4,8H2,1-3H3. The Labute approximate surface area is 137 Å². The van der Waals surface area contributed by atoms with E-state index in [0.717, 1.165) is 0 Å². The molecule has 0 radical (unpaired) electrons. The molecule has 1 unspecified atom stereocenters. The van der Waals surface area contributed by atoms with Crippen molar-refractivity contribution in [2.75, 3.05) is 20.3 Å². The van der Waals surface area contributed by atoms with Crippen molar-refractivity contribution in [1.29, 1.82) is 0 Å². The summed E-state index contributed by atoms with van der Waals surface area (Å²) >= 11 is 3.11. The molecule has 5 nitrogen and oxygen atoms in total. The zero-order valence-corrected chi connectivity index (χ0v) is 15.1. The molecule has 0 aliphatic heterocycles. The van der Waals surface area contributed by atoms with Crippen LogP contribution < -0.4 is 0 Å². The molecule has 118 valence electrons. The summed E-state index contributed by atoms with van der Waals surface area (Å²) in [5.41, 5.74) is 0.266. The van der Waals surface area contributed by atoms with E-state index < -0.39 is 9.05 Å². The molecule has 0 spiro atoms. The molecular formula is C13H17BrClNO4S. The van der Waals surface area contributed by atoms with Crippen LogP contribution in [-0.4, -0.2) is 45.5 Å². The molecule has 8 heteroatoms. The third-order valence-corrected chi connectivity index (χ3v) is 5.30. The van der Waals surface area contributed by atoms with Gasteiger partial charge in [0, 0.05) is 34.4 Å². The molecule has 0 heterocycles. The first kappa shape index (κ1) is 18.4. The number of halogens is 2. The number of nitrogens with zero attached hydrogens (tertiary/aromatic N) is 1. The van der Waals surface area contributed by atoms with E-state index in [0.29, 0.717) is 17.6 Å². The fraction of sp³-hybridized carbons (Fsp3) is 0.462. The molecule has 0 aromatic heterocycles. The van der Waals surface area contributed by atoms with E-state index in [1.165, 1.54) is 12.1 Å². The highest BCUT2D eigenvalue weighted by molar-refractivity contribution is 9.10. The quantitative estimate of drug-likeness (QED) is 0.691. The molecule has 1 atom stereocenters. The van der Waals surface area contributed by atoms with Gasteiger partial charge in [0.1, 0.15) is 0 Å². The maximum atomic E-state index is 12.5. The zero-order valence-electron chi connectivity index (χ0n) is 12.0. The van der Waals surface area contributed by atoms with Crippen LogP contribution in [0.3, 0.4) is 0 Å². The Bertz CT molecular complexity index is 621. The molecule has 0 fully saturated rings. The number of hydrogen-bond acceptors (Lipinski definition) is 4. The van der Waals surface area contributed by atoms with Crippen LogP contribution in [-0.2, 0) is 13.8 Å². The smallest absolute Gasteiger partial charge is 0.262 e. The van der Waals surface area contributed by atoms with Gasteiger partial charge in [-0.05, 0) is 48.0 Å². The lowest BCUT2D eigenvalue weighted by Crippen LogP contribution is -2.40. The molecule has 0 bridgehead atoms. The number of ether oxygens (including phenoxy) is 1. The summed E-state index contributed by atoms with van der Waals surface area (Å²) in [6, 6.07) is 4.21. The van der Waals surface area contributed by atoms with E-state index >= 15 is 0 Å². The highest BCUT2D eigenvalue weighted by Crippen LogP contribution is 2.26. The normalized spacial score (nSPS) is 13.0. The highest BCUT2D eigenvalue weighted by atomic mass is 79.9. The number of likely N-dealkylation sites (N-methyl/N-ethyl adjacent to an activating group) is 1. The molecular weight excluding hydrogens is 382 g/mol. The second kappa shape index (κ2) is 7.58. The largest absolute Gasteiger partial charge is 0.383 e. The van der Waals surface area contributed by atoms with E-state index in [1.54, 1.807) is 18.1 Å². The Morgan fingerprint density at radius 2 is 2.10 bits per heavy atom. The van der Waals surface area contributed by atoms with Gasteiger partial charge in [-0.1, -0.05) is 0 Å². The first-order chi connectivity index (χ1) is 9.72. The summed E-state index contributed by atoms with van der Waals surface area (Å²) in [5.74, 6) is -0.267. The summed E-state index contributed by atoms with van der Waals surface area (Å²) in [4.78, 5) is 14.0. The Morgan fingerprint density at radius 1 is 1.48 bits per heavy atom. The Kier molecular flexibility index (Phi) is 6.65. The lowest BCUT2D eigenvalue weighted by molar-refractivity contribution is 0.0579. The number of hydrogen-bond donors (Lipinski definition) is 0. The van der Waals surface area contributed by atoms with Crippen LogP contribution in [0.25, 0.3) is 0 Å². The van der Waals surface area contributed by atoms with Gasteiger partial charge >= 0.3 is 0 Å². The van der Waals surface area contributed by atoms with Crippen molar-refractivity contribution in [1.82, 2.24) is 4.90 Å². The van der Waals surface area contributed by atoms with Gasteiger partial charge in [-0.25, -0.2) is 8.42 Å². The van der Waals surface area contributed by atoms with Crippen LogP contribution in [0, 0.1) is 0 Å². The molecule has 21 heavy (non-hydrogen) atoms. The van der Waals surface area contributed by atoms with E-state index in [1.807, 2.05) is 13.8 Å². The third-order valence-electron chi connectivity index (χ3n) is 2.98. The fourth-order valence-electron chi connectivity index (χ4n) is 1.98. The van der Waals surface area contributed by atoms with Crippen LogP contribution in [0.5, 0.6) is 0 Å². The van der Waals surface area contributed by atoms with Crippen LogP contribution in [0.1, 0.15) is 24.2 Å². The maximum Gasteiger partial charge on any atom is 0.262 e. The summed E-state index contributed by atoms with van der Waals surface area (Å²) in [7, 11) is 3.00. The van der Waals surface area contributed by atoms with Crippen molar-refractivity contribution in [2.24, 2.45) is 0 Å². The topological polar surface area (TPSA) is 63.7 Å². The molecule has 0 aliphatic rings. The van der Waals surface area contributed by atoms with Gasteiger partial charge in [-0.2, -0.15) is 0 Å². The van der Waals surface area contributed by atoms with Crippen LogP contribution in [0.15, 0.2) is 27.6 Å². The number of carbonyl (C=O) groups is 1. The predicted molar refractivity (Wildman–Crippen MR) is 85.2 cm³/mol. The van der Waals surface area contributed by atoms with Gasteiger partial charge in [-0.3, -0.25) is 4.79 Å². The van der Waals surface area contributed by atoms with Gasteiger partial charge in [0.15, 0.2) is 0 Å². The van der Waals surface area contributed by atoms with Crippen molar-refractivity contribution >= 4 is 41.6 Å². The lowest BCUT2D eigenvalue weighted by atomic mass is 10.1. The van der Waals surface area contributed by atoms with Gasteiger partial charge in [0.05, 0.1) is 17.5 Å². The molecule has 0 aliphatic carbocycles. The summed E-state index contributed by atoms with van der Waals surface area (Å²) in [5, 5.41) is 0. The molecule has 1 aromatic carbocycles. The van der Waals surface area contributed by atoms with Gasteiger partial charge in [0.25, 0.3) is 15.0 Å². The SMILES string of the molecule is CCN(C(=O)c1ccc(Br)c(S(=O)(=O)Cl)c1)C(C)COC. The monoisotopic (exact) mass is 397 g/mol. The molecule has 0 saturated heterocycles. The van der Waals surface area contributed by atoms with E-state index in [9.17, 15) is 13.2 Å². The van der Waals surface area contributed by atoms with Crippen LogP contribution in [0.2, 0.25) is 0 Å². The van der Waals surface area contributed by atoms with E-state index in [2.05, 4.69) is 15.9 Å². The number of benzene rings is 1. The van der Waals surface area contributed by atoms with Crippen molar-refractivity contribution in [3.05, 3.63) is 28.2 Å². The Hall–Kier alpha value is -0.630. The summed E-state index contributed by atoms with van der Waals surface area (Å²) in [6.07, 6.45) is 0. The Morgan fingerprint density at radius 3 is 2.57 bits per heavy atom. The second-order valence-electron chi connectivity index (χ2n) is 4.48. The number of amides is 1. The summed E-state index contributed by atoms with van der Waals surface area (Å²) in [6.45, 7) is 4.60. The highest BCUT2D eigenvalue weighted by Gasteiger charge is 2.23. The minimum atomic E-state index is -3.92. The first-order valence-electron chi connectivity index (χ1n) is 6.26. The second-order valence-corrected chi connectivity index (χ2v) is 7.87. The number of methoxy groups -OCH3 is 1. The van der Waals surface area contributed by atoms with Crippen molar-refractivity contribution < 1.29 is 17.9 Å². The third kappa shape index (κ3) is 4.67. The predicted octanol–water partition coefficient (Wildman–Crippen LogP) is 2.87. The van der Waals surface area contributed by atoms with Gasteiger partial charge in [-0.15, -0.1) is 0 Å². The molecule has 1 rings (SSSR count). The first-order valence-corrected chi connectivity index (χ1v) is 9.36. The van der Waals surface area contributed by atoms with Crippen LogP contribution in [0.4, 0.5) is 0 Å². The fourth-order valence-corrected chi connectivity index (χ4v) is 4.09. The minimum Gasteiger partial charge on any atom is -0.383 e. The van der Waals surface area contributed by atoms with Gasteiger partial charge in [0.2, 0.25) is 0 Å². The molecule has 0 N–H and O–H groups in total. The number of carbonyl (C=O) groups excluding carboxylic acids is 1. The molecule has 1 amide bonds. The van der Waals surface area contributed by atoms with E-state index in [-0.39, 0.29) is 22.4 Å². The van der Waals surface area contributed by atoms with Crippen molar-refractivity contribution in [3.63, 3.8) is 0 Å². The molecule has 1 aromatic rings. The summed E-state index contributed by atoms with van der Waals surface area (Å²) < 4.78 is 28.4. The van der Waals surface area contributed by atoms with E-state index in [4.69, 9.17) is 15.4 Å². The maximum absolute atomic E-state index is 12.5.